The quantitative estimate of drug-likeness (QED) is 0.470. The van der Waals surface area contributed by atoms with Gasteiger partial charge in [-0.15, -0.1) is 24.0 Å². The Morgan fingerprint density at radius 2 is 2.11 bits per heavy atom. The molecule has 0 saturated carbocycles. The smallest absolute Gasteiger partial charge is 0.356 e. The number of nitrogens with zero attached hydrogens (tertiary/aromatic N) is 3. The summed E-state index contributed by atoms with van der Waals surface area (Å²) < 4.78 is 0. The highest BCUT2D eigenvalue weighted by atomic mass is 127. The lowest BCUT2D eigenvalue weighted by Crippen LogP contribution is -2.34. The summed E-state index contributed by atoms with van der Waals surface area (Å²) in [5.41, 5.74) is 0.560. The summed E-state index contributed by atoms with van der Waals surface area (Å²) in [5, 5.41) is 17.8. The third-order valence-electron chi connectivity index (χ3n) is 2.46. The van der Waals surface area contributed by atoms with Crippen molar-refractivity contribution < 1.29 is 9.90 Å². The molecule has 0 amide bonds. The monoisotopic (exact) mass is 374 g/mol. The fourth-order valence-corrected chi connectivity index (χ4v) is 1.62. The van der Waals surface area contributed by atoms with E-state index in [-0.39, 0.29) is 29.7 Å². The number of hydrogen-bond donors (Lipinski definition) is 2. The number of rotatable bonds is 3. The van der Waals surface area contributed by atoms with Gasteiger partial charge < -0.3 is 10.4 Å². The van der Waals surface area contributed by atoms with Crippen molar-refractivity contribution in [2.45, 2.75) is 0 Å². The number of aliphatic imine (C=N–C) groups is 1. The molecular formula is C12H15IN4O2. The number of carbonyl (C=O) groups is 1. The lowest BCUT2D eigenvalue weighted by atomic mass is 10.1. The van der Waals surface area contributed by atoms with Crippen LogP contribution in [-0.2, 0) is 4.79 Å². The summed E-state index contributed by atoms with van der Waals surface area (Å²) in [6.07, 6.45) is 0. The second kappa shape index (κ2) is 7.07. The van der Waals surface area contributed by atoms with E-state index < -0.39 is 5.97 Å². The average Bonchev–Trinajstić information content (AvgIpc) is 2.90. The van der Waals surface area contributed by atoms with E-state index in [9.17, 15) is 9.90 Å². The first-order valence-corrected chi connectivity index (χ1v) is 5.58. The van der Waals surface area contributed by atoms with Gasteiger partial charge in [-0.2, -0.15) is 5.10 Å². The first-order chi connectivity index (χ1) is 8.68. The molecular weight excluding hydrogens is 359 g/mol. The van der Waals surface area contributed by atoms with Crippen molar-refractivity contribution in [2.24, 2.45) is 10.1 Å². The SMILES string of the molecule is CN(/N=C(\C(=O)O)c1ccccc1)C1=NCCN1.I. The molecule has 0 radical (unpaired) electrons. The van der Waals surface area contributed by atoms with E-state index in [0.717, 1.165) is 6.54 Å². The Labute approximate surface area is 128 Å². The zero-order valence-corrected chi connectivity index (χ0v) is 12.7. The molecule has 7 heteroatoms. The highest BCUT2D eigenvalue weighted by Crippen LogP contribution is 2.04. The van der Waals surface area contributed by atoms with Crippen LogP contribution < -0.4 is 5.32 Å². The van der Waals surface area contributed by atoms with E-state index in [1.807, 2.05) is 6.07 Å². The van der Waals surface area contributed by atoms with Crippen LogP contribution in [0.15, 0.2) is 40.4 Å². The van der Waals surface area contributed by atoms with Gasteiger partial charge in [-0.3, -0.25) is 0 Å². The third-order valence-corrected chi connectivity index (χ3v) is 2.46. The van der Waals surface area contributed by atoms with Crippen LogP contribution in [-0.4, -0.2) is 47.9 Å². The number of aliphatic carboxylic acids is 1. The zero-order valence-electron chi connectivity index (χ0n) is 10.4. The summed E-state index contributed by atoms with van der Waals surface area (Å²) in [7, 11) is 1.67. The predicted octanol–water partition coefficient (Wildman–Crippen LogP) is 0.984. The number of hydrogen-bond acceptors (Lipinski definition) is 5. The lowest BCUT2D eigenvalue weighted by molar-refractivity contribution is -0.129. The van der Waals surface area contributed by atoms with Crippen molar-refractivity contribution in [3.8, 4) is 0 Å². The Morgan fingerprint density at radius 3 is 2.63 bits per heavy atom. The molecule has 0 spiro atoms. The fourth-order valence-electron chi connectivity index (χ4n) is 1.62. The number of halogens is 1. The van der Waals surface area contributed by atoms with Crippen LogP contribution in [0, 0.1) is 0 Å². The highest BCUT2D eigenvalue weighted by Gasteiger charge is 2.16. The molecule has 2 N–H and O–H groups in total. The normalized spacial score (nSPS) is 14.2. The van der Waals surface area contributed by atoms with Gasteiger partial charge in [-0.1, -0.05) is 30.3 Å². The lowest BCUT2D eigenvalue weighted by Gasteiger charge is -2.14. The van der Waals surface area contributed by atoms with Crippen molar-refractivity contribution in [2.75, 3.05) is 20.1 Å². The van der Waals surface area contributed by atoms with E-state index in [2.05, 4.69) is 15.4 Å². The number of nitrogens with one attached hydrogen (secondary N) is 1. The third kappa shape index (κ3) is 3.91. The van der Waals surface area contributed by atoms with Crippen molar-refractivity contribution in [3.63, 3.8) is 0 Å². The minimum atomic E-state index is -1.06. The van der Waals surface area contributed by atoms with Gasteiger partial charge in [0.05, 0.1) is 6.54 Å². The van der Waals surface area contributed by atoms with Crippen LogP contribution in [0.25, 0.3) is 0 Å². The van der Waals surface area contributed by atoms with Gasteiger partial charge in [0, 0.05) is 19.2 Å². The minimum absolute atomic E-state index is 0. The summed E-state index contributed by atoms with van der Waals surface area (Å²) in [6.45, 7) is 1.44. The second-order valence-corrected chi connectivity index (χ2v) is 3.78. The summed E-state index contributed by atoms with van der Waals surface area (Å²) >= 11 is 0. The number of carboxylic acid groups (broad SMARTS) is 1. The number of carboxylic acids is 1. The van der Waals surface area contributed by atoms with Crippen molar-refractivity contribution in [1.29, 1.82) is 0 Å². The molecule has 0 saturated heterocycles. The Hall–Kier alpha value is -1.64. The predicted molar refractivity (Wildman–Crippen MR) is 84.1 cm³/mol. The minimum Gasteiger partial charge on any atom is -0.476 e. The van der Waals surface area contributed by atoms with Crippen molar-refractivity contribution >= 4 is 41.6 Å². The molecule has 102 valence electrons. The van der Waals surface area contributed by atoms with E-state index in [4.69, 9.17) is 0 Å². The summed E-state index contributed by atoms with van der Waals surface area (Å²) in [5.74, 6) is -0.476. The Balaban J connectivity index is 0.00000180. The molecule has 0 fully saturated rings. The van der Waals surface area contributed by atoms with Crippen LogP contribution in [0.3, 0.4) is 0 Å². The largest absolute Gasteiger partial charge is 0.476 e. The maximum Gasteiger partial charge on any atom is 0.356 e. The molecule has 2 rings (SSSR count). The molecule has 0 bridgehead atoms. The molecule has 1 aliphatic rings. The van der Waals surface area contributed by atoms with Gasteiger partial charge in [-0.05, 0) is 0 Å². The molecule has 1 aliphatic heterocycles. The fraction of sp³-hybridized carbons (Fsp3) is 0.250. The molecule has 6 nitrogen and oxygen atoms in total. The Bertz CT molecular complexity index is 502. The molecule has 0 aromatic heterocycles. The number of guanidine groups is 1. The standard InChI is InChI=1S/C12H14N4O2.HI/c1-16(12-13-7-8-14-12)15-10(11(17)18)9-5-3-2-4-6-9;/h2-6H,7-8H2,1H3,(H,13,14)(H,17,18);1H/b15-10-;. The van der Waals surface area contributed by atoms with E-state index >= 15 is 0 Å². The van der Waals surface area contributed by atoms with Crippen LogP contribution in [0.1, 0.15) is 5.56 Å². The van der Waals surface area contributed by atoms with Crippen LogP contribution in [0.5, 0.6) is 0 Å². The Kier molecular flexibility index (Phi) is 5.74. The molecule has 1 aromatic carbocycles. The summed E-state index contributed by atoms with van der Waals surface area (Å²) in [6, 6.07) is 8.81. The van der Waals surface area contributed by atoms with Gasteiger partial charge in [-0.25, -0.2) is 14.8 Å². The molecule has 1 heterocycles. The second-order valence-electron chi connectivity index (χ2n) is 3.78. The van der Waals surface area contributed by atoms with Gasteiger partial charge >= 0.3 is 5.97 Å². The van der Waals surface area contributed by atoms with E-state index in [0.29, 0.717) is 18.1 Å². The highest BCUT2D eigenvalue weighted by molar-refractivity contribution is 14.0. The van der Waals surface area contributed by atoms with Crippen LogP contribution in [0.4, 0.5) is 0 Å². The topological polar surface area (TPSA) is 77.3 Å². The van der Waals surface area contributed by atoms with Gasteiger partial charge in [0.2, 0.25) is 5.96 Å². The Morgan fingerprint density at radius 1 is 1.42 bits per heavy atom. The maximum atomic E-state index is 11.2. The first kappa shape index (κ1) is 15.4. The molecule has 19 heavy (non-hydrogen) atoms. The number of benzene rings is 1. The average molecular weight is 374 g/mol. The van der Waals surface area contributed by atoms with E-state index in [1.54, 1.807) is 31.3 Å². The van der Waals surface area contributed by atoms with Crippen LogP contribution >= 0.6 is 24.0 Å². The van der Waals surface area contributed by atoms with Gasteiger partial charge in [0.25, 0.3) is 0 Å². The molecule has 1 aromatic rings. The van der Waals surface area contributed by atoms with Gasteiger partial charge in [0.1, 0.15) is 0 Å². The molecule has 0 unspecified atom stereocenters. The zero-order chi connectivity index (χ0) is 13.0. The van der Waals surface area contributed by atoms with Crippen molar-refractivity contribution in [3.05, 3.63) is 35.9 Å². The van der Waals surface area contributed by atoms with E-state index in [1.165, 1.54) is 5.01 Å². The van der Waals surface area contributed by atoms with Crippen LogP contribution in [0.2, 0.25) is 0 Å². The summed E-state index contributed by atoms with van der Waals surface area (Å²) in [4.78, 5) is 15.4. The van der Waals surface area contributed by atoms with Crippen molar-refractivity contribution in [1.82, 2.24) is 10.3 Å². The van der Waals surface area contributed by atoms with Gasteiger partial charge in [0.15, 0.2) is 5.71 Å². The number of hydrazone groups is 1. The molecule has 0 aliphatic carbocycles. The first-order valence-electron chi connectivity index (χ1n) is 5.58. The maximum absolute atomic E-state index is 11.2. The molecule has 0 atom stereocenters.